The lowest BCUT2D eigenvalue weighted by molar-refractivity contribution is 0.669. The van der Waals surface area contributed by atoms with Gasteiger partial charge in [-0.1, -0.05) is 116 Å². The molecule has 0 aliphatic rings. The predicted molar refractivity (Wildman–Crippen MR) is 329 cm³/mol. The van der Waals surface area contributed by atoms with Crippen molar-refractivity contribution in [1.29, 1.82) is 0 Å². The number of rotatable bonds is 5. The van der Waals surface area contributed by atoms with E-state index in [0.29, 0.717) is 17.5 Å². The van der Waals surface area contributed by atoms with Crippen molar-refractivity contribution >= 4 is 225 Å². The Bertz CT molecular complexity index is 4210. The van der Waals surface area contributed by atoms with Gasteiger partial charge in [-0.05, 0) is 47.5 Å². The molecule has 0 aliphatic heterocycles. The first-order valence-corrected chi connectivity index (χ1v) is 24.0. The van der Waals surface area contributed by atoms with Crippen LogP contribution in [-0.2, 0) is 0 Å². The Labute approximate surface area is 411 Å². The second-order valence-electron chi connectivity index (χ2n) is 19.5. The molecule has 0 amide bonds. The SMILES string of the molecule is Bc1c(B)c(B)c(-c2nc(-c3ccc4c(c3)oc3cccc(-n5c6ccccc6c6ccc(-c7ccccc7)cc65)c34)nc(-c3c(B)c(B)c(B)c4c3oc3c(B)c(B)c(B)c(B)c34)n2)c(B)c1B. The van der Waals surface area contributed by atoms with Gasteiger partial charge in [-0.3, -0.25) is 0 Å². The number of benzene rings is 8. The fourth-order valence-corrected chi connectivity index (χ4v) is 11.3. The Balaban J connectivity index is 1.11. The summed E-state index contributed by atoms with van der Waals surface area (Å²) in [6.07, 6.45) is 0. The first-order chi connectivity index (χ1) is 33.2. The van der Waals surface area contributed by atoms with Crippen LogP contribution in [0, 0.1) is 0 Å². The molecule has 0 unspecified atom stereocenters. The molecule has 6 nitrogen and oxygen atoms in total. The summed E-state index contributed by atoms with van der Waals surface area (Å²) in [6, 6.07) is 38.9. The smallest absolute Gasteiger partial charge is 0.167 e. The Morgan fingerprint density at radius 1 is 0.333 bits per heavy atom. The average Bonchev–Trinajstić information content (AvgIpc) is 4.06. The second kappa shape index (κ2) is 15.7. The third-order valence-corrected chi connectivity index (χ3v) is 16.3. The highest BCUT2D eigenvalue weighted by Gasteiger charge is 2.27. The van der Waals surface area contributed by atoms with Gasteiger partial charge >= 0.3 is 0 Å². The second-order valence-corrected chi connectivity index (χ2v) is 19.5. The maximum Gasteiger partial charge on any atom is 0.167 e. The number of nitrogens with zero attached hydrogens (tertiary/aromatic N) is 4. The van der Waals surface area contributed by atoms with Gasteiger partial charge in [0, 0.05) is 38.1 Å². The molecule has 0 N–H and O–H groups in total. The average molecular weight is 873 g/mol. The standard InChI is InChI=1S/C51H42B12N4O2/c52-35-31-32-36(53)41(58)45(62)46(63)48(32)69-47(31)34(39(56)40(35)57)51-65-49(64-50(66-51)33-37(54)42(59)44(61)43(60)38(33)55)21-14-16-24-29(18-21)68-28-12-6-11-26(30(24)28)67-25-10-5-4-9-22(25)23-15-13-20(17-27(23)67)19-7-2-1-3-8-19/h1-18H,52-63H2. The number of fused-ring (bicyclic) bond motifs is 9. The number of furan rings is 2. The van der Waals surface area contributed by atoms with Crippen LogP contribution in [0.5, 0.6) is 0 Å². The van der Waals surface area contributed by atoms with Crippen LogP contribution < -0.4 is 65.6 Å². The molecule has 0 radical (unpaired) electrons. The molecule has 0 fully saturated rings. The molecule has 0 saturated carbocycles. The quantitative estimate of drug-likeness (QED) is 0.161. The molecule has 4 aromatic heterocycles. The van der Waals surface area contributed by atoms with E-state index in [1.165, 1.54) is 81.9 Å². The lowest BCUT2D eigenvalue weighted by Gasteiger charge is -2.20. The van der Waals surface area contributed by atoms with Crippen molar-refractivity contribution in [2.24, 2.45) is 0 Å². The van der Waals surface area contributed by atoms with E-state index in [1.54, 1.807) is 0 Å². The highest BCUT2D eigenvalue weighted by atomic mass is 16.3. The van der Waals surface area contributed by atoms with Crippen LogP contribution in [0.1, 0.15) is 0 Å². The van der Waals surface area contributed by atoms with Gasteiger partial charge < -0.3 is 13.4 Å². The zero-order chi connectivity index (χ0) is 47.9. The van der Waals surface area contributed by atoms with Crippen LogP contribution in [0.3, 0.4) is 0 Å². The lowest BCUT2D eigenvalue weighted by Crippen LogP contribution is -2.55. The first-order valence-electron chi connectivity index (χ1n) is 24.0. The van der Waals surface area contributed by atoms with Gasteiger partial charge in [0.25, 0.3) is 0 Å². The predicted octanol–water partition coefficient (Wildman–Crippen LogP) is -7.46. The van der Waals surface area contributed by atoms with E-state index in [9.17, 15) is 0 Å². The van der Waals surface area contributed by atoms with Crippen molar-refractivity contribution in [3.63, 3.8) is 0 Å². The summed E-state index contributed by atoms with van der Waals surface area (Å²) in [6.45, 7) is 0. The summed E-state index contributed by atoms with van der Waals surface area (Å²) in [5.74, 6) is 1.81. The molecule has 4 heterocycles. The zero-order valence-electron chi connectivity index (χ0n) is 41.5. The first kappa shape index (κ1) is 43.2. The van der Waals surface area contributed by atoms with Gasteiger partial charge in [-0.25, -0.2) is 15.0 Å². The molecule has 0 spiro atoms. The Kier molecular flexibility index (Phi) is 9.87. The van der Waals surface area contributed by atoms with Crippen LogP contribution in [0.4, 0.5) is 0 Å². The summed E-state index contributed by atoms with van der Waals surface area (Å²) in [5, 5.41) is 6.78. The summed E-state index contributed by atoms with van der Waals surface area (Å²) in [4.78, 5) is 16.3. The largest absolute Gasteiger partial charge is 0.456 e. The monoisotopic (exact) mass is 874 g/mol. The Morgan fingerprint density at radius 2 is 0.884 bits per heavy atom. The molecule has 12 rings (SSSR count). The summed E-state index contributed by atoms with van der Waals surface area (Å²) in [5.41, 5.74) is 26.4. The minimum Gasteiger partial charge on any atom is -0.456 e. The topological polar surface area (TPSA) is 69.9 Å². The normalized spacial score (nSPS) is 11.9. The number of hydrogen-bond acceptors (Lipinski definition) is 5. The summed E-state index contributed by atoms with van der Waals surface area (Å²) < 4.78 is 16.4. The maximum absolute atomic E-state index is 7.09. The number of para-hydroxylation sites is 1. The fraction of sp³-hybridized carbons (Fsp3) is 0. The lowest BCUT2D eigenvalue weighted by atomic mass is 9.60. The Hall–Kier alpha value is -7.05. The van der Waals surface area contributed by atoms with Crippen molar-refractivity contribution in [3.8, 4) is 51.0 Å². The van der Waals surface area contributed by atoms with Gasteiger partial charge in [0.2, 0.25) is 0 Å². The van der Waals surface area contributed by atoms with E-state index in [2.05, 4.69) is 208 Å². The molecule has 18 heteroatoms. The molecular formula is C51H42B12N4O2. The highest BCUT2D eigenvalue weighted by Crippen LogP contribution is 2.41. The van der Waals surface area contributed by atoms with Crippen LogP contribution in [0.15, 0.2) is 118 Å². The van der Waals surface area contributed by atoms with E-state index in [0.717, 1.165) is 82.8 Å². The van der Waals surface area contributed by atoms with E-state index < -0.39 is 0 Å². The third kappa shape index (κ3) is 6.26. The van der Waals surface area contributed by atoms with E-state index in [4.69, 9.17) is 23.8 Å². The van der Waals surface area contributed by atoms with Crippen molar-refractivity contribution < 1.29 is 8.83 Å². The molecule has 314 valence electrons. The summed E-state index contributed by atoms with van der Waals surface area (Å²) >= 11 is 0. The summed E-state index contributed by atoms with van der Waals surface area (Å²) in [7, 11) is 26.4. The molecule has 0 saturated heterocycles. The van der Waals surface area contributed by atoms with Gasteiger partial charge in [-0.2, -0.15) is 0 Å². The molecule has 8 aromatic carbocycles. The molecule has 0 bridgehead atoms. The van der Waals surface area contributed by atoms with E-state index >= 15 is 0 Å². The van der Waals surface area contributed by atoms with Crippen LogP contribution in [0.25, 0.3) is 117 Å². The van der Waals surface area contributed by atoms with Crippen molar-refractivity contribution in [2.75, 3.05) is 0 Å². The molecule has 12 aromatic rings. The van der Waals surface area contributed by atoms with Gasteiger partial charge in [0.1, 0.15) is 116 Å². The molecular weight excluding hydrogens is 830 g/mol. The van der Waals surface area contributed by atoms with Gasteiger partial charge in [0.15, 0.2) is 17.5 Å². The molecule has 69 heavy (non-hydrogen) atoms. The highest BCUT2D eigenvalue weighted by molar-refractivity contribution is 6.70. The van der Waals surface area contributed by atoms with E-state index in [1.807, 2.05) is 0 Å². The van der Waals surface area contributed by atoms with E-state index in [-0.39, 0.29) is 0 Å². The maximum atomic E-state index is 7.09. The van der Waals surface area contributed by atoms with Crippen LogP contribution >= 0.6 is 0 Å². The number of aromatic nitrogens is 4. The van der Waals surface area contributed by atoms with Crippen LogP contribution in [0.2, 0.25) is 0 Å². The minimum absolute atomic E-state index is 0.573. The fourth-order valence-electron chi connectivity index (χ4n) is 11.3. The van der Waals surface area contributed by atoms with Gasteiger partial charge in [-0.15, -0.1) is 21.9 Å². The molecule has 0 aliphatic carbocycles. The number of hydrogen-bond donors (Lipinski definition) is 0. The van der Waals surface area contributed by atoms with Crippen molar-refractivity contribution in [1.82, 2.24) is 19.5 Å². The van der Waals surface area contributed by atoms with Gasteiger partial charge in [0.05, 0.1) is 27.7 Å². The van der Waals surface area contributed by atoms with Crippen molar-refractivity contribution in [2.45, 2.75) is 0 Å². The third-order valence-electron chi connectivity index (χ3n) is 16.3. The zero-order valence-corrected chi connectivity index (χ0v) is 41.5. The molecule has 0 atom stereocenters. The van der Waals surface area contributed by atoms with Crippen molar-refractivity contribution in [3.05, 3.63) is 109 Å². The Morgan fingerprint density at radius 3 is 1.62 bits per heavy atom. The van der Waals surface area contributed by atoms with Crippen LogP contribution in [-0.4, -0.2) is 114 Å². The minimum atomic E-state index is 0.573.